The fraction of sp³-hybridized carbons (Fsp3) is 0.138. The van der Waals surface area contributed by atoms with E-state index in [0.717, 1.165) is 22.2 Å². The lowest BCUT2D eigenvalue weighted by Gasteiger charge is -2.09. The van der Waals surface area contributed by atoms with E-state index < -0.39 is 5.91 Å². The second-order valence-corrected chi connectivity index (χ2v) is 10.3. The average molecular weight is 564 g/mol. The summed E-state index contributed by atoms with van der Waals surface area (Å²) in [4.78, 5) is 17.2. The maximum absolute atomic E-state index is 12.6. The van der Waals surface area contributed by atoms with Crippen molar-refractivity contribution in [2.75, 3.05) is 0 Å². The molecule has 6 nitrogen and oxygen atoms in total. The number of halogens is 2. The van der Waals surface area contributed by atoms with Gasteiger partial charge in [-0.25, -0.2) is 4.98 Å². The van der Waals surface area contributed by atoms with Gasteiger partial charge in [0, 0.05) is 22.7 Å². The molecule has 9 heteroatoms. The van der Waals surface area contributed by atoms with Gasteiger partial charge < -0.3 is 14.2 Å². The Morgan fingerprint density at radius 3 is 2.53 bits per heavy atom. The zero-order chi connectivity index (χ0) is 26.8. The van der Waals surface area contributed by atoms with E-state index in [9.17, 15) is 4.79 Å². The minimum Gasteiger partial charge on any atom is -0.451 e. The second kappa shape index (κ2) is 11.0. The summed E-state index contributed by atoms with van der Waals surface area (Å²) in [5.74, 6) is 1.05. The maximum Gasteiger partial charge on any atom is 0.293 e. The number of hydrogen-bond donors (Lipinski definition) is 2. The van der Waals surface area contributed by atoms with Crippen LogP contribution in [0.3, 0.4) is 0 Å². The number of rotatable bonds is 6. The highest BCUT2D eigenvalue weighted by Gasteiger charge is 2.16. The summed E-state index contributed by atoms with van der Waals surface area (Å²) in [7, 11) is 0. The Labute approximate surface area is 235 Å². The minimum absolute atomic E-state index is 0.100. The molecular formula is C29H23Cl2N3O3S. The molecule has 5 rings (SSSR count). The number of thiocarbonyl (C=S) groups is 1. The summed E-state index contributed by atoms with van der Waals surface area (Å²) in [5, 5.41) is 6.82. The highest BCUT2D eigenvalue weighted by atomic mass is 35.5. The van der Waals surface area contributed by atoms with Crippen LogP contribution in [0.25, 0.3) is 33.9 Å². The van der Waals surface area contributed by atoms with Crippen molar-refractivity contribution in [2.24, 2.45) is 0 Å². The summed E-state index contributed by atoms with van der Waals surface area (Å²) >= 11 is 17.6. The van der Waals surface area contributed by atoms with E-state index in [1.807, 2.05) is 30.3 Å². The Kier molecular flexibility index (Phi) is 7.51. The fourth-order valence-corrected chi connectivity index (χ4v) is 4.42. The number of fused-ring (bicyclic) bond motifs is 1. The normalized spacial score (nSPS) is 11.2. The first kappa shape index (κ1) is 26.0. The Morgan fingerprint density at radius 2 is 1.76 bits per heavy atom. The van der Waals surface area contributed by atoms with Gasteiger partial charge in [-0.1, -0.05) is 55.2 Å². The van der Waals surface area contributed by atoms with Gasteiger partial charge in [0.2, 0.25) is 5.89 Å². The van der Waals surface area contributed by atoms with Crippen molar-refractivity contribution in [1.82, 2.24) is 15.6 Å². The molecule has 38 heavy (non-hydrogen) atoms. The molecule has 0 saturated heterocycles. The predicted octanol–water partition coefficient (Wildman–Crippen LogP) is 7.99. The van der Waals surface area contributed by atoms with Crippen molar-refractivity contribution in [3.8, 4) is 22.8 Å². The third-order valence-electron chi connectivity index (χ3n) is 5.98. The van der Waals surface area contributed by atoms with Gasteiger partial charge in [0.25, 0.3) is 5.91 Å². The van der Waals surface area contributed by atoms with Crippen LogP contribution in [0.15, 0.2) is 81.6 Å². The smallest absolute Gasteiger partial charge is 0.293 e. The van der Waals surface area contributed by atoms with E-state index in [0.29, 0.717) is 39.7 Å². The first-order valence-electron chi connectivity index (χ1n) is 11.9. The molecule has 0 radical (unpaired) electrons. The SMILES string of the molecule is CC(C)c1ccc2oc(-c3ccc(CNC(=S)NC(=O)c4ccc(-c5cc(Cl)ccc5Cl)o4)cc3)nc2c1. The zero-order valence-corrected chi connectivity index (χ0v) is 22.9. The Morgan fingerprint density at radius 1 is 0.974 bits per heavy atom. The molecule has 2 heterocycles. The van der Waals surface area contributed by atoms with Gasteiger partial charge in [0.15, 0.2) is 16.5 Å². The lowest BCUT2D eigenvalue weighted by molar-refractivity contribution is 0.0950. The largest absolute Gasteiger partial charge is 0.451 e. The van der Waals surface area contributed by atoms with E-state index in [4.69, 9.17) is 44.3 Å². The number of amides is 1. The molecule has 3 aromatic carbocycles. The third-order valence-corrected chi connectivity index (χ3v) is 6.79. The van der Waals surface area contributed by atoms with Crippen LogP contribution in [0, 0.1) is 0 Å². The van der Waals surface area contributed by atoms with Gasteiger partial charge in [0.05, 0.1) is 5.02 Å². The van der Waals surface area contributed by atoms with Gasteiger partial charge in [-0.05, 0) is 83.9 Å². The lowest BCUT2D eigenvalue weighted by atomic mass is 10.0. The van der Waals surface area contributed by atoms with Crippen LogP contribution in [-0.2, 0) is 6.54 Å². The van der Waals surface area contributed by atoms with E-state index in [2.05, 4.69) is 41.6 Å². The van der Waals surface area contributed by atoms with Crippen LogP contribution in [0.1, 0.15) is 41.4 Å². The molecule has 0 atom stereocenters. The van der Waals surface area contributed by atoms with Crippen molar-refractivity contribution in [2.45, 2.75) is 26.3 Å². The number of nitrogens with one attached hydrogen (secondary N) is 2. The van der Waals surface area contributed by atoms with Crippen molar-refractivity contribution in [3.63, 3.8) is 0 Å². The summed E-state index contributed by atoms with van der Waals surface area (Å²) in [6.45, 7) is 4.72. The number of benzene rings is 3. The molecule has 0 aliphatic carbocycles. The second-order valence-electron chi connectivity index (χ2n) is 9.02. The maximum atomic E-state index is 12.6. The molecule has 0 aliphatic rings. The van der Waals surface area contributed by atoms with Gasteiger partial charge in [0.1, 0.15) is 11.3 Å². The van der Waals surface area contributed by atoms with Crippen LogP contribution in [0.5, 0.6) is 0 Å². The summed E-state index contributed by atoms with van der Waals surface area (Å²) in [5.41, 5.74) is 5.27. The first-order chi connectivity index (χ1) is 18.3. The van der Waals surface area contributed by atoms with Crippen LogP contribution >= 0.6 is 35.4 Å². The summed E-state index contributed by atoms with van der Waals surface area (Å²) < 4.78 is 11.6. The zero-order valence-electron chi connectivity index (χ0n) is 20.5. The van der Waals surface area contributed by atoms with E-state index in [-0.39, 0.29) is 10.9 Å². The standard InChI is InChI=1S/C29H23Cl2N3O3S/c1-16(2)19-7-10-25-23(13-19)33-28(37-25)18-5-3-17(4-6-18)15-32-29(38)34-27(35)26-12-11-24(36-26)21-14-20(30)8-9-22(21)31/h3-14,16H,15H2,1-2H3,(H2,32,34,35,38). The summed E-state index contributed by atoms with van der Waals surface area (Å²) in [6.07, 6.45) is 0. The number of hydrogen-bond acceptors (Lipinski definition) is 5. The molecule has 2 N–H and O–H groups in total. The topological polar surface area (TPSA) is 80.3 Å². The number of aromatic nitrogens is 1. The number of oxazole rings is 1. The number of carbonyl (C=O) groups excluding carboxylic acids is 1. The molecule has 0 aliphatic heterocycles. The van der Waals surface area contributed by atoms with Crippen molar-refractivity contribution < 1.29 is 13.6 Å². The predicted molar refractivity (Wildman–Crippen MR) is 155 cm³/mol. The highest BCUT2D eigenvalue weighted by molar-refractivity contribution is 7.80. The Bertz CT molecular complexity index is 1640. The van der Waals surface area contributed by atoms with Crippen LogP contribution in [0.4, 0.5) is 0 Å². The lowest BCUT2D eigenvalue weighted by Crippen LogP contribution is -2.38. The molecule has 0 spiro atoms. The first-order valence-corrected chi connectivity index (χ1v) is 13.1. The van der Waals surface area contributed by atoms with Crippen LogP contribution in [-0.4, -0.2) is 16.0 Å². The highest BCUT2D eigenvalue weighted by Crippen LogP contribution is 2.32. The molecule has 2 aromatic heterocycles. The van der Waals surface area contributed by atoms with E-state index >= 15 is 0 Å². The number of furan rings is 1. The van der Waals surface area contributed by atoms with Gasteiger partial charge >= 0.3 is 0 Å². The number of nitrogens with zero attached hydrogens (tertiary/aromatic N) is 1. The quantitative estimate of drug-likeness (QED) is 0.204. The minimum atomic E-state index is -0.473. The van der Waals surface area contributed by atoms with Crippen molar-refractivity contribution in [3.05, 3.63) is 99.7 Å². The van der Waals surface area contributed by atoms with Gasteiger partial charge in [-0.15, -0.1) is 0 Å². The van der Waals surface area contributed by atoms with Crippen LogP contribution < -0.4 is 10.6 Å². The molecule has 1 amide bonds. The fourth-order valence-electron chi connectivity index (χ4n) is 3.87. The molecule has 0 fully saturated rings. The van der Waals surface area contributed by atoms with Gasteiger partial charge in [-0.3, -0.25) is 10.1 Å². The molecule has 0 unspecified atom stereocenters. The van der Waals surface area contributed by atoms with Crippen molar-refractivity contribution in [1.29, 1.82) is 0 Å². The van der Waals surface area contributed by atoms with Crippen LogP contribution in [0.2, 0.25) is 10.0 Å². The van der Waals surface area contributed by atoms with Gasteiger partial charge in [-0.2, -0.15) is 0 Å². The Hall–Kier alpha value is -3.65. The summed E-state index contributed by atoms with van der Waals surface area (Å²) in [6, 6.07) is 22.1. The van der Waals surface area contributed by atoms with E-state index in [1.165, 1.54) is 5.56 Å². The average Bonchev–Trinajstić information content (AvgIpc) is 3.56. The Balaban J connectivity index is 1.18. The number of carbonyl (C=O) groups is 1. The van der Waals surface area contributed by atoms with E-state index in [1.54, 1.807) is 30.3 Å². The molecule has 0 bridgehead atoms. The van der Waals surface area contributed by atoms with Crippen molar-refractivity contribution >= 4 is 57.5 Å². The third kappa shape index (κ3) is 5.75. The molecular weight excluding hydrogens is 541 g/mol. The molecule has 0 saturated carbocycles. The molecule has 192 valence electrons. The molecule has 5 aromatic rings. The monoisotopic (exact) mass is 563 g/mol.